The van der Waals surface area contributed by atoms with Crippen molar-refractivity contribution in [2.45, 2.75) is 135 Å². The lowest BCUT2D eigenvalue weighted by Gasteiger charge is -2.30. The van der Waals surface area contributed by atoms with E-state index in [4.69, 9.17) is 4.74 Å². The second kappa shape index (κ2) is 14.1. The Morgan fingerprint density at radius 3 is 2.03 bits per heavy atom. The molecule has 36 heavy (non-hydrogen) atoms. The summed E-state index contributed by atoms with van der Waals surface area (Å²) in [5, 5.41) is 0. The summed E-state index contributed by atoms with van der Waals surface area (Å²) in [5.74, 6) is 3.59. The zero-order valence-corrected chi connectivity index (χ0v) is 23.2. The summed E-state index contributed by atoms with van der Waals surface area (Å²) >= 11 is 0. The van der Waals surface area contributed by atoms with Gasteiger partial charge >= 0.3 is 0 Å². The van der Waals surface area contributed by atoms with Crippen LogP contribution in [0.25, 0.3) is 0 Å². The normalized spacial score (nSPS) is 30.0. The molecule has 3 aliphatic rings. The van der Waals surface area contributed by atoms with E-state index in [9.17, 15) is 8.78 Å². The average Bonchev–Trinajstić information content (AvgIpc) is 3.48. The van der Waals surface area contributed by atoms with Crippen LogP contribution in [0.1, 0.15) is 141 Å². The minimum absolute atomic E-state index is 0.0795. The molecule has 3 aliphatic carbocycles. The summed E-state index contributed by atoms with van der Waals surface area (Å²) in [6.07, 6.45) is 23.0. The molecule has 0 amide bonds. The van der Waals surface area contributed by atoms with E-state index >= 15 is 0 Å². The van der Waals surface area contributed by atoms with E-state index in [0.717, 1.165) is 68.1 Å². The molecule has 0 spiro atoms. The first-order valence-electron chi connectivity index (χ1n) is 15.7. The number of ether oxygens (including phenoxy) is 1. The zero-order chi connectivity index (χ0) is 25.3. The van der Waals surface area contributed by atoms with E-state index in [-0.39, 0.29) is 11.7 Å². The van der Waals surface area contributed by atoms with Gasteiger partial charge in [-0.3, -0.25) is 0 Å². The number of rotatable bonds is 14. The molecule has 1 aromatic rings. The summed E-state index contributed by atoms with van der Waals surface area (Å²) in [6, 6.07) is 3.45. The molecule has 1 aromatic carbocycles. The smallest absolute Gasteiger partial charge is 0.200 e. The molecule has 4 rings (SSSR count). The SMILES string of the molecule is CCCCCCOc1ccc(C2CCC(CCC3CCC4C(CCCCC)CCC34)CC2)c(F)c1F. The molecular weight excluding hydrogens is 450 g/mol. The van der Waals surface area contributed by atoms with Crippen LogP contribution in [0.5, 0.6) is 5.75 Å². The van der Waals surface area contributed by atoms with Crippen LogP contribution in [0.2, 0.25) is 0 Å². The van der Waals surface area contributed by atoms with Gasteiger partial charge in [0.25, 0.3) is 0 Å². The van der Waals surface area contributed by atoms with Gasteiger partial charge in [0.15, 0.2) is 11.6 Å². The van der Waals surface area contributed by atoms with Crippen molar-refractivity contribution in [3.05, 3.63) is 29.3 Å². The number of hydrogen-bond donors (Lipinski definition) is 0. The van der Waals surface area contributed by atoms with E-state index in [2.05, 4.69) is 13.8 Å². The van der Waals surface area contributed by atoms with Gasteiger partial charge < -0.3 is 4.74 Å². The van der Waals surface area contributed by atoms with E-state index in [1.165, 1.54) is 77.0 Å². The van der Waals surface area contributed by atoms with Crippen LogP contribution < -0.4 is 4.74 Å². The number of benzene rings is 1. The predicted molar refractivity (Wildman–Crippen MR) is 146 cm³/mol. The molecule has 0 heterocycles. The maximum atomic E-state index is 14.9. The van der Waals surface area contributed by atoms with Gasteiger partial charge in [-0.1, -0.05) is 71.3 Å². The Kier molecular flexibility index (Phi) is 11.0. The van der Waals surface area contributed by atoms with Crippen LogP contribution in [-0.4, -0.2) is 6.61 Å². The van der Waals surface area contributed by atoms with Crippen LogP contribution in [0.3, 0.4) is 0 Å². The fraction of sp³-hybridized carbons (Fsp3) is 0.818. The van der Waals surface area contributed by atoms with Gasteiger partial charge in [0.1, 0.15) is 0 Å². The van der Waals surface area contributed by atoms with Crippen molar-refractivity contribution in [3.63, 3.8) is 0 Å². The lowest BCUT2D eigenvalue weighted by molar-refractivity contribution is 0.249. The Morgan fingerprint density at radius 2 is 1.33 bits per heavy atom. The minimum Gasteiger partial charge on any atom is -0.490 e. The predicted octanol–water partition coefficient (Wildman–Crippen LogP) is 10.6. The maximum absolute atomic E-state index is 14.9. The average molecular weight is 503 g/mol. The lowest BCUT2D eigenvalue weighted by atomic mass is 9.75. The van der Waals surface area contributed by atoms with Crippen molar-refractivity contribution in [2.75, 3.05) is 6.61 Å². The Morgan fingerprint density at radius 1 is 0.667 bits per heavy atom. The van der Waals surface area contributed by atoms with Crippen molar-refractivity contribution in [1.82, 2.24) is 0 Å². The van der Waals surface area contributed by atoms with Crippen molar-refractivity contribution in [2.24, 2.45) is 29.6 Å². The van der Waals surface area contributed by atoms with Crippen LogP contribution in [0, 0.1) is 41.2 Å². The lowest BCUT2D eigenvalue weighted by Crippen LogP contribution is -2.17. The van der Waals surface area contributed by atoms with Gasteiger partial charge in [0.2, 0.25) is 5.82 Å². The minimum atomic E-state index is -0.787. The summed E-state index contributed by atoms with van der Waals surface area (Å²) in [4.78, 5) is 0. The van der Waals surface area contributed by atoms with Crippen LogP contribution in [0.15, 0.2) is 12.1 Å². The van der Waals surface area contributed by atoms with Crippen molar-refractivity contribution in [3.8, 4) is 5.75 Å². The standard InChI is InChI=1S/C33H52F2O/c1-3-5-7-9-23-36-31-22-21-30(32(34)33(31)35)27-15-12-24(13-16-27)11-14-26-18-20-28-25(10-8-6-4-2)17-19-29(26)28/h21-22,24-29H,3-20,23H2,1-2H3. The quantitative estimate of drug-likeness (QED) is 0.230. The molecule has 3 fully saturated rings. The number of fused-ring (bicyclic) bond motifs is 1. The molecule has 0 saturated heterocycles. The largest absolute Gasteiger partial charge is 0.490 e. The molecular formula is C33H52F2O. The highest BCUT2D eigenvalue weighted by molar-refractivity contribution is 5.33. The summed E-state index contributed by atoms with van der Waals surface area (Å²) in [5.41, 5.74) is 0.572. The Hall–Kier alpha value is -1.12. The molecule has 3 saturated carbocycles. The summed E-state index contributed by atoms with van der Waals surface area (Å²) in [6.45, 7) is 4.93. The Labute approximate surface area is 220 Å². The fourth-order valence-corrected chi connectivity index (χ4v) is 8.11. The second-order valence-corrected chi connectivity index (χ2v) is 12.5. The molecule has 0 bridgehead atoms. The molecule has 0 aliphatic heterocycles. The third-order valence-electron chi connectivity index (χ3n) is 10.2. The first-order valence-corrected chi connectivity index (χ1v) is 15.7. The first-order chi connectivity index (χ1) is 17.6. The third-order valence-corrected chi connectivity index (χ3v) is 10.2. The highest BCUT2D eigenvalue weighted by Crippen LogP contribution is 2.54. The molecule has 3 heteroatoms. The van der Waals surface area contributed by atoms with Gasteiger partial charge in [0.05, 0.1) is 6.61 Å². The summed E-state index contributed by atoms with van der Waals surface area (Å²) in [7, 11) is 0. The summed E-state index contributed by atoms with van der Waals surface area (Å²) < 4.78 is 35.2. The molecule has 4 atom stereocenters. The first kappa shape index (κ1) is 27.9. The molecule has 4 unspecified atom stereocenters. The maximum Gasteiger partial charge on any atom is 0.200 e. The molecule has 0 radical (unpaired) electrons. The van der Waals surface area contributed by atoms with Crippen molar-refractivity contribution >= 4 is 0 Å². The molecule has 0 aromatic heterocycles. The highest BCUT2D eigenvalue weighted by Gasteiger charge is 2.44. The monoisotopic (exact) mass is 502 g/mol. The second-order valence-electron chi connectivity index (χ2n) is 12.5. The Balaban J connectivity index is 1.19. The van der Waals surface area contributed by atoms with Crippen LogP contribution in [0.4, 0.5) is 8.78 Å². The number of halogens is 2. The number of unbranched alkanes of at least 4 members (excludes halogenated alkanes) is 5. The van der Waals surface area contributed by atoms with E-state index in [1.54, 1.807) is 12.1 Å². The van der Waals surface area contributed by atoms with Gasteiger partial charge in [0, 0.05) is 0 Å². The fourth-order valence-electron chi connectivity index (χ4n) is 8.11. The van der Waals surface area contributed by atoms with E-state index in [1.807, 2.05) is 0 Å². The van der Waals surface area contributed by atoms with Crippen molar-refractivity contribution in [1.29, 1.82) is 0 Å². The van der Waals surface area contributed by atoms with Gasteiger partial charge in [-0.2, -0.15) is 4.39 Å². The molecule has 0 N–H and O–H groups in total. The number of hydrogen-bond acceptors (Lipinski definition) is 1. The van der Waals surface area contributed by atoms with Gasteiger partial charge in [-0.15, -0.1) is 0 Å². The van der Waals surface area contributed by atoms with E-state index in [0.29, 0.717) is 12.2 Å². The molecule has 204 valence electrons. The van der Waals surface area contributed by atoms with Crippen LogP contribution in [-0.2, 0) is 0 Å². The third kappa shape index (κ3) is 7.04. The highest BCUT2D eigenvalue weighted by atomic mass is 19.2. The topological polar surface area (TPSA) is 9.23 Å². The van der Waals surface area contributed by atoms with Crippen molar-refractivity contribution < 1.29 is 13.5 Å². The van der Waals surface area contributed by atoms with E-state index < -0.39 is 11.6 Å². The van der Waals surface area contributed by atoms with Gasteiger partial charge in [-0.25, -0.2) is 4.39 Å². The van der Waals surface area contributed by atoms with Crippen LogP contribution >= 0.6 is 0 Å². The van der Waals surface area contributed by atoms with Gasteiger partial charge in [-0.05, 0) is 111 Å². The zero-order valence-electron chi connectivity index (χ0n) is 23.2. The Bertz CT molecular complexity index is 784. The molecule has 1 nitrogen and oxygen atoms in total.